The van der Waals surface area contributed by atoms with E-state index in [1.807, 2.05) is 12.1 Å². The molecule has 0 bridgehead atoms. The SMILES string of the molecule is O=S1CCN(c2cccc(Cl)c2CNC2CC2)CC1. The zero-order chi connectivity index (χ0) is 13.2. The molecule has 0 spiro atoms. The molecule has 3 nitrogen and oxygen atoms in total. The van der Waals surface area contributed by atoms with E-state index in [1.54, 1.807) is 0 Å². The fraction of sp³-hybridized carbons (Fsp3) is 0.571. The Balaban J connectivity index is 1.78. The first-order valence-corrected chi connectivity index (χ1v) is 8.71. The van der Waals surface area contributed by atoms with Crippen LogP contribution in [0.3, 0.4) is 0 Å². The van der Waals surface area contributed by atoms with Gasteiger partial charge in [-0.3, -0.25) is 4.21 Å². The number of nitrogens with zero attached hydrogens (tertiary/aromatic N) is 1. The van der Waals surface area contributed by atoms with Gasteiger partial charge in [0.05, 0.1) is 0 Å². The van der Waals surface area contributed by atoms with Crippen LogP contribution >= 0.6 is 11.6 Å². The summed E-state index contributed by atoms with van der Waals surface area (Å²) in [6, 6.07) is 6.77. The smallest absolute Gasteiger partial charge is 0.0471 e. The average molecular weight is 299 g/mol. The second-order valence-electron chi connectivity index (χ2n) is 5.23. The van der Waals surface area contributed by atoms with Crippen molar-refractivity contribution < 1.29 is 4.21 Å². The third-order valence-electron chi connectivity index (χ3n) is 3.76. The van der Waals surface area contributed by atoms with Crippen LogP contribution < -0.4 is 10.2 Å². The fourth-order valence-electron chi connectivity index (χ4n) is 2.43. The summed E-state index contributed by atoms with van der Waals surface area (Å²) in [5.41, 5.74) is 2.39. The van der Waals surface area contributed by atoms with E-state index < -0.39 is 10.8 Å². The molecule has 104 valence electrons. The van der Waals surface area contributed by atoms with Gasteiger partial charge in [0.2, 0.25) is 0 Å². The second kappa shape index (κ2) is 5.81. The van der Waals surface area contributed by atoms with E-state index in [-0.39, 0.29) is 0 Å². The van der Waals surface area contributed by atoms with Crippen molar-refractivity contribution in [2.75, 3.05) is 29.5 Å². The summed E-state index contributed by atoms with van der Waals surface area (Å²) in [6.45, 7) is 2.56. The summed E-state index contributed by atoms with van der Waals surface area (Å²) < 4.78 is 11.5. The van der Waals surface area contributed by atoms with Crippen LogP contribution in [0, 0.1) is 0 Å². The summed E-state index contributed by atoms with van der Waals surface area (Å²) in [5.74, 6) is 1.53. The number of benzene rings is 1. The number of anilines is 1. The van der Waals surface area contributed by atoms with E-state index in [4.69, 9.17) is 11.6 Å². The van der Waals surface area contributed by atoms with E-state index in [2.05, 4.69) is 16.3 Å². The van der Waals surface area contributed by atoms with Crippen LogP contribution in [0.4, 0.5) is 5.69 Å². The Labute approximate surface area is 121 Å². The first-order valence-electron chi connectivity index (χ1n) is 6.85. The number of hydrogen-bond acceptors (Lipinski definition) is 3. The molecule has 0 radical (unpaired) electrons. The lowest BCUT2D eigenvalue weighted by Gasteiger charge is -2.30. The van der Waals surface area contributed by atoms with Crippen molar-refractivity contribution in [2.45, 2.75) is 25.4 Å². The third kappa shape index (κ3) is 3.30. The summed E-state index contributed by atoms with van der Waals surface area (Å²) in [6.07, 6.45) is 2.56. The van der Waals surface area contributed by atoms with Crippen molar-refractivity contribution in [2.24, 2.45) is 0 Å². The molecular weight excluding hydrogens is 280 g/mol. The fourth-order valence-corrected chi connectivity index (χ4v) is 3.72. The van der Waals surface area contributed by atoms with Crippen molar-refractivity contribution in [3.63, 3.8) is 0 Å². The van der Waals surface area contributed by atoms with E-state index in [0.717, 1.165) is 36.2 Å². The maximum atomic E-state index is 11.5. The molecule has 2 fully saturated rings. The van der Waals surface area contributed by atoms with Crippen LogP contribution in [-0.2, 0) is 17.3 Å². The van der Waals surface area contributed by atoms with Crippen LogP contribution in [0.25, 0.3) is 0 Å². The Bertz CT molecular complexity index is 480. The summed E-state index contributed by atoms with van der Waals surface area (Å²) in [5, 5.41) is 4.36. The van der Waals surface area contributed by atoms with Gasteiger partial charge in [0, 0.05) is 64.3 Å². The molecule has 2 aliphatic rings. The summed E-state index contributed by atoms with van der Waals surface area (Å²) >= 11 is 6.35. The van der Waals surface area contributed by atoms with E-state index >= 15 is 0 Å². The molecule has 0 aromatic heterocycles. The normalized spacial score (nSPS) is 20.8. The molecule has 1 saturated heterocycles. The molecule has 0 amide bonds. The Morgan fingerprint density at radius 2 is 2.05 bits per heavy atom. The molecule has 1 aliphatic heterocycles. The molecule has 0 unspecified atom stereocenters. The molecule has 1 aromatic rings. The Morgan fingerprint density at radius 3 is 2.74 bits per heavy atom. The van der Waals surface area contributed by atoms with Gasteiger partial charge >= 0.3 is 0 Å². The van der Waals surface area contributed by atoms with E-state index in [9.17, 15) is 4.21 Å². The number of rotatable bonds is 4. The van der Waals surface area contributed by atoms with Gasteiger partial charge < -0.3 is 10.2 Å². The van der Waals surface area contributed by atoms with E-state index in [1.165, 1.54) is 24.1 Å². The molecular formula is C14H19ClN2OS. The van der Waals surface area contributed by atoms with Gasteiger partial charge in [-0.05, 0) is 25.0 Å². The number of halogens is 1. The highest BCUT2D eigenvalue weighted by Gasteiger charge is 2.23. The molecule has 5 heteroatoms. The van der Waals surface area contributed by atoms with Gasteiger partial charge in [0.1, 0.15) is 0 Å². The van der Waals surface area contributed by atoms with Gasteiger partial charge in [0.15, 0.2) is 0 Å². The Kier molecular flexibility index (Phi) is 4.10. The van der Waals surface area contributed by atoms with Crippen molar-refractivity contribution in [3.8, 4) is 0 Å². The van der Waals surface area contributed by atoms with Crippen LogP contribution in [0.1, 0.15) is 18.4 Å². The first-order chi connectivity index (χ1) is 9.24. The van der Waals surface area contributed by atoms with Gasteiger partial charge in [-0.25, -0.2) is 0 Å². The maximum absolute atomic E-state index is 11.5. The molecule has 1 N–H and O–H groups in total. The predicted molar refractivity (Wildman–Crippen MR) is 81.4 cm³/mol. The Hall–Kier alpha value is -0.580. The third-order valence-corrected chi connectivity index (χ3v) is 5.39. The van der Waals surface area contributed by atoms with Crippen LogP contribution in [0.2, 0.25) is 5.02 Å². The lowest BCUT2D eigenvalue weighted by atomic mass is 10.1. The van der Waals surface area contributed by atoms with Crippen LogP contribution in [0.15, 0.2) is 18.2 Å². The minimum absolute atomic E-state index is 0.638. The molecule has 1 aliphatic carbocycles. The summed E-state index contributed by atoms with van der Waals surface area (Å²) in [4.78, 5) is 2.32. The van der Waals surface area contributed by atoms with Crippen molar-refractivity contribution in [3.05, 3.63) is 28.8 Å². The minimum Gasteiger partial charge on any atom is -0.369 e. The number of nitrogens with one attached hydrogen (secondary N) is 1. The highest BCUT2D eigenvalue weighted by molar-refractivity contribution is 7.85. The predicted octanol–water partition coefficient (Wildman–Crippen LogP) is 2.16. The summed E-state index contributed by atoms with van der Waals surface area (Å²) in [7, 11) is -0.638. The van der Waals surface area contributed by atoms with Crippen molar-refractivity contribution in [1.82, 2.24) is 5.32 Å². The topological polar surface area (TPSA) is 32.3 Å². The standard InChI is InChI=1S/C14H19ClN2OS/c15-13-2-1-3-14(12(13)10-16-11-4-5-11)17-6-8-19(18)9-7-17/h1-3,11,16H,4-10H2. The number of hydrogen-bond donors (Lipinski definition) is 1. The lowest BCUT2D eigenvalue weighted by molar-refractivity contribution is 0.669. The van der Waals surface area contributed by atoms with Crippen molar-refractivity contribution >= 4 is 28.1 Å². The van der Waals surface area contributed by atoms with Gasteiger partial charge in [0.25, 0.3) is 0 Å². The maximum Gasteiger partial charge on any atom is 0.0471 e. The molecule has 1 saturated carbocycles. The molecule has 0 atom stereocenters. The van der Waals surface area contributed by atoms with Gasteiger partial charge in [-0.15, -0.1) is 0 Å². The van der Waals surface area contributed by atoms with Crippen LogP contribution in [0.5, 0.6) is 0 Å². The van der Waals surface area contributed by atoms with Gasteiger partial charge in [-0.2, -0.15) is 0 Å². The molecule has 1 aromatic carbocycles. The quantitative estimate of drug-likeness (QED) is 0.924. The monoisotopic (exact) mass is 298 g/mol. The largest absolute Gasteiger partial charge is 0.369 e. The van der Waals surface area contributed by atoms with Gasteiger partial charge in [-0.1, -0.05) is 17.7 Å². The first kappa shape index (κ1) is 13.4. The van der Waals surface area contributed by atoms with Crippen molar-refractivity contribution in [1.29, 1.82) is 0 Å². The Morgan fingerprint density at radius 1 is 1.32 bits per heavy atom. The lowest BCUT2D eigenvalue weighted by Crippen LogP contribution is -2.38. The van der Waals surface area contributed by atoms with Crippen LogP contribution in [-0.4, -0.2) is 34.8 Å². The molecule has 19 heavy (non-hydrogen) atoms. The average Bonchev–Trinajstić information content (AvgIpc) is 3.22. The highest BCUT2D eigenvalue weighted by Crippen LogP contribution is 2.29. The van der Waals surface area contributed by atoms with E-state index in [0.29, 0.717) is 6.04 Å². The zero-order valence-corrected chi connectivity index (χ0v) is 12.5. The molecule has 3 rings (SSSR count). The highest BCUT2D eigenvalue weighted by atomic mass is 35.5. The zero-order valence-electron chi connectivity index (χ0n) is 10.9. The molecule has 1 heterocycles. The minimum atomic E-state index is -0.638. The second-order valence-corrected chi connectivity index (χ2v) is 7.33.